The van der Waals surface area contributed by atoms with E-state index in [2.05, 4.69) is 22.6 Å². The van der Waals surface area contributed by atoms with Gasteiger partial charge in [-0.1, -0.05) is 0 Å². The van der Waals surface area contributed by atoms with Crippen LogP contribution in [0.4, 0.5) is 5.69 Å². The van der Waals surface area contributed by atoms with Crippen molar-refractivity contribution in [3.05, 3.63) is 21.8 Å². The standard InChI is InChI=1S/C14H18INO3/c1-9(2)18-7-6-16-12-5-4-11(15)8-13(12)19-10(3)14(16)17/h4-5,8-10H,6-7H2,1-3H3. The monoisotopic (exact) mass is 375 g/mol. The molecular formula is C14H18INO3. The lowest BCUT2D eigenvalue weighted by atomic mass is 10.2. The quantitative estimate of drug-likeness (QED) is 0.760. The first-order chi connectivity index (χ1) is 8.99. The van der Waals surface area contributed by atoms with E-state index in [1.807, 2.05) is 32.0 Å². The number of amides is 1. The van der Waals surface area contributed by atoms with E-state index in [-0.39, 0.29) is 12.0 Å². The van der Waals surface area contributed by atoms with Gasteiger partial charge in [-0.3, -0.25) is 4.79 Å². The summed E-state index contributed by atoms with van der Waals surface area (Å²) in [5.74, 6) is 0.754. The molecule has 1 aliphatic heterocycles. The molecular weight excluding hydrogens is 357 g/mol. The Bertz CT molecular complexity index is 476. The number of rotatable bonds is 4. The first kappa shape index (κ1) is 14.6. The molecule has 0 fully saturated rings. The summed E-state index contributed by atoms with van der Waals surface area (Å²) >= 11 is 2.23. The second-order valence-corrected chi connectivity index (χ2v) is 6.03. The van der Waals surface area contributed by atoms with Crippen LogP contribution in [0.25, 0.3) is 0 Å². The molecule has 5 heteroatoms. The molecule has 1 amide bonds. The Hall–Kier alpha value is -0.820. The smallest absolute Gasteiger partial charge is 0.267 e. The molecule has 1 aliphatic rings. The maximum atomic E-state index is 12.2. The van der Waals surface area contributed by atoms with E-state index in [1.54, 1.807) is 11.8 Å². The van der Waals surface area contributed by atoms with Gasteiger partial charge in [0.05, 0.1) is 18.4 Å². The average molecular weight is 375 g/mol. The van der Waals surface area contributed by atoms with Crippen LogP contribution in [0, 0.1) is 3.57 Å². The Morgan fingerprint density at radius 2 is 2.21 bits per heavy atom. The minimum absolute atomic E-state index is 0.0129. The Balaban J connectivity index is 2.19. The zero-order valence-corrected chi connectivity index (χ0v) is 13.5. The summed E-state index contributed by atoms with van der Waals surface area (Å²) in [5, 5.41) is 0. The summed E-state index contributed by atoms with van der Waals surface area (Å²) in [5.41, 5.74) is 0.830. The van der Waals surface area contributed by atoms with Crippen molar-refractivity contribution in [1.29, 1.82) is 0 Å². The number of hydrogen-bond acceptors (Lipinski definition) is 3. The van der Waals surface area contributed by atoms with E-state index in [9.17, 15) is 4.79 Å². The zero-order valence-electron chi connectivity index (χ0n) is 11.4. The van der Waals surface area contributed by atoms with Crippen molar-refractivity contribution in [3.8, 4) is 5.75 Å². The molecule has 1 unspecified atom stereocenters. The minimum Gasteiger partial charge on any atom is -0.479 e. The molecule has 0 saturated heterocycles. The fourth-order valence-electron chi connectivity index (χ4n) is 1.99. The van der Waals surface area contributed by atoms with Crippen LogP contribution in [-0.2, 0) is 9.53 Å². The number of benzene rings is 1. The largest absolute Gasteiger partial charge is 0.479 e. The number of nitrogens with zero attached hydrogens (tertiary/aromatic N) is 1. The average Bonchev–Trinajstić information content (AvgIpc) is 2.33. The van der Waals surface area contributed by atoms with E-state index in [4.69, 9.17) is 9.47 Å². The van der Waals surface area contributed by atoms with Crippen molar-refractivity contribution in [1.82, 2.24) is 0 Å². The van der Waals surface area contributed by atoms with Crippen molar-refractivity contribution in [2.24, 2.45) is 0 Å². The van der Waals surface area contributed by atoms with Crippen LogP contribution in [0.1, 0.15) is 20.8 Å². The highest BCUT2D eigenvalue weighted by Crippen LogP contribution is 2.35. The van der Waals surface area contributed by atoms with Crippen LogP contribution in [0.2, 0.25) is 0 Å². The summed E-state index contributed by atoms with van der Waals surface area (Å²) in [7, 11) is 0. The first-order valence-electron chi connectivity index (χ1n) is 6.38. The number of hydrogen-bond donors (Lipinski definition) is 0. The number of fused-ring (bicyclic) bond motifs is 1. The summed E-state index contributed by atoms with van der Waals surface area (Å²) in [4.78, 5) is 13.9. The van der Waals surface area contributed by atoms with Crippen LogP contribution in [0.5, 0.6) is 5.75 Å². The zero-order chi connectivity index (χ0) is 14.0. The van der Waals surface area contributed by atoms with Gasteiger partial charge in [-0.25, -0.2) is 0 Å². The van der Waals surface area contributed by atoms with E-state index in [0.717, 1.165) is 15.0 Å². The maximum Gasteiger partial charge on any atom is 0.267 e. The third-order valence-electron chi connectivity index (χ3n) is 2.90. The van der Waals surface area contributed by atoms with E-state index < -0.39 is 6.10 Å². The van der Waals surface area contributed by atoms with Gasteiger partial charge in [0.1, 0.15) is 5.75 Å². The Labute approximate surface area is 127 Å². The van der Waals surface area contributed by atoms with Gasteiger partial charge in [0, 0.05) is 10.1 Å². The lowest BCUT2D eigenvalue weighted by molar-refractivity contribution is -0.125. The second-order valence-electron chi connectivity index (χ2n) is 4.78. The molecule has 0 saturated carbocycles. The third-order valence-corrected chi connectivity index (χ3v) is 3.57. The summed E-state index contributed by atoms with van der Waals surface area (Å²) in [6.07, 6.45) is -0.269. The predicted octanol–water partition coefficient (Wildman–Crippen LogP) is 2.83. The fraction of sp³-hybridized carbons (Fsp3) is 0.500. The highest BCUT2D eigenvalue weighted by Gasteiger charge is 2.31. The Kier molecular flexibility index (Phi) is 4.67. The van der Waals surface area contributed by atoms with Gasteiger partial charge < -0.3 is 14.4 Å². The van der Waals surface area contributed by atoms with E-state index >= 15 is 0 Å². The lowest BCUT2D eigenvalue weighted by Gasteiger charge is -2.33. The van der Waals surface area contributed by atoms with Gasteiger partial charge in [-0.2, -0.15) is 0 Å². The minimum atomic E-state index is -0.440. The molecule has 0 spiro atoms. The Morgan fingerprint density at radius 1 is 1.47 bits per heavy atom. The van der Waals surface area contributed by atoms with Gasteiger partial charge in [0.25, 0.3) is 5.91 Å². The molecule has 2 rings (SSSR count). The molecule has 104 valence electrons. The number of anilines is 1. The van der Waals surface area contributed by atoms with Crippen molar-refractivity contribution in [2.45, 2.75) is 33.0 Å². The maximum absolute atomic E-state index is 12.2. The highest BCUT2D eigenvalue weighted by molar-refractivity contribution is 14.1. The number of ether oxygens (including phenoxy) is 2. The van der Waals surface area contributed by atoms with Crippen LogP contribution >= 0.6 is 22.6 Å². The molecule has 0 N–H and O–H groups in total. The molecule has 0 bridgehead atoms. The van der Waals surface area contributed by atoms with Crippen LogP contribution < -0.4 is 9.64 Å². The molecule has 0 aliphatic carbocycles. The third kappa shape index (κ3) is 3.39. The summed E-state index contributed by atoms with van der Waals surface area (Å²) < 4.78 is 12.3. The van der Waals surface area contributed by atoms with Crippen LogP contribution in [-0.4, -0.2) is 31.3 Å². The van der Waals surface area contributed by atoms with Gasteiger partial charge in [-0.05, 0) is 61.6 Å². The predicted molar refractivity (Wildman–Crippen MR) is 82.7 cm³/mol. The van der Waals surface area contributed by atoms with Crippen molar-refractivity contribution in [2.75, 3.05) is 18.1 Å². The number of carbonyl (C=O) groups excluding carboxylic acids is 1. The Morgan fingerprint density at radius 3 is 2.89 bits per heavy atom. The van der Waals surface area contributed by atoms with Crippen molar-refractivity contribution < 1.29 is 14.3 Å². The fourth-order valence-corrected chi connectivity index (χ4v) is 2.46. The van der Waals surface area contributed by atoms with Gasteiger partial charge in [0.15, 0.2) is 6.10 Å². The normalized spacial score (nSPS) is 18.5. The van der Waals surface area contributed by atoms with Gasteiger partial charge in [0.2, 0.25) is 0 Å². The molecule has 0 aromatic heterocycles. The van der Waals surface area contributed by atoms with Crippen LogP contribution in [0.3, 0.4) is 0 Å². The topological polar surface area (TPSA) is 38.8 Å². The van der Waals surface area contributed by atoms with E-state index in [0.29, 0.717) is 13.2 Å². The molecule has 1 aromatic carbocycles. The lowest BCUT2D eigenvalue weighted by Crippen LogP contribution is -2.46. The molecule has 1 aromatic rings. The number of halogens is 1. The molecule has 19 heavy (non-hydrogen) atoms. The van der Waals surface area contributed by atoms with Gasteiger partial charge >= 0.3 is 0 Å². The SMILES string of the molecule is CC(C)OCCN1C(=O)C(C)Oc2cc(I)ccc21. The van der Waals surface area contributed by atoms with Crippen molar-refractivity contribution in [3.63, 3.8) is 0 Å². The first-order valence-corrected chi connectivity index (χ1v) is 7.46. The van der Waals surface area contributed by atoms with E-state index in [1.165, 1.54) is 0 Å². The van der Waals surface area contributed by atoms with Crippen molar-refractivity contribution >= 4 is 34.2 Å². The molecule has 1 heterocycles. The summed E-state index contributed by atoms with van der Waals surface area (Å²) in [6.45, 7) is 6.83. The molecule has 0 radical (unpaired) electrons. The van der Waals surface area contributed by atoms with Gasteiger partial charge in [-0.15, -0.1) is 0 Å². The second kappa shape index (κ2) is 6.09. The summed E-state index contributed by atoms with van der Waals surface area (Å²) in [6, 6.07) is 5.85. The van der Waals surface area contributed by atoms with Crippen LogP contribution in [0.15, 0.2) is 18.2 Å². The number of carbonyl (C=O) groups is 1. The highest BCUT2D eigenvalue weighted by atomic mass is 127. The molecule has 1 atom stereocenters. The molecule has 4 nitrogen and oxygen atoms in total.